The molecule has 2 amide bonds. The highest BCUT2D eigenvalue weighted by Crippen LogP contribution is 2.41. The van der Waals surface area contributed by atoms with Gasteiger partial charge in [0, 0.05) is 62.6 Å². The Balaban J connectivity index is 1.12. The van der Waals surface area contributed by atoms with E-state index in [-0.39, 0.29) is 41.0 Å². The molecule has 1 aromatic carbocycles. The van der Waals surface area contributed by atoms with Crippen molar-refractivity contribution in [2.45, 2.75) is 38.5 Å². The second-order valence-corrected chi connectivity index (χ2v) is 10.6. The molecule has 202 valence electrons. The summed E-state index contributed by atoms with van der Waals surface area (Å²) in [6.45, 7) is 3.73. The molecule has 0 N–H and O–H groups in total. The Morgan fingerprint density at radius 1 is 0.947 bits per heavy atom. The first-order valence-corrected chi connectivity index (χ1v) is 13.5. The van der Waals surface area contributed by atoms with Gasteiger partial charge in [-0.25, -0.2) is 4.98 Å². The number of ketones is 1. The molecule has 5 rings (SSSR count). The van der Waals surface area contributed by atoms with Gasteiger partial charge in [0.1, 0.15) is 5.15 Å². The summed E-state index contributed by atoms with van der Waals surface area (Å²) in [5, 5.41) is 0.217. The molecule has 3 aliphatic rings. The van der Waals surface area contributed by atoms with Crippen molar-refractivity contribution in [3.8, 4) is 17.4 Å². The lowest BCUT2D eigenvalue weighted by molar-refractivity contribution is -0.130. The number of piperidine rings is 1. The molecule has 1 spiro atoms. The van der Waals surface area contributed by atoms with E-state index in [2.05, 4.69) is 4.98 Å². The highest BCUT2D eigenvalue weighted by atomic mass is 35.5. The number of nitrogens with zero attached hydrogens (tertiary/aromatic N) is 3. The van der Waals surface area contributed by atoms with E-state index in [1.165, 1.54) is 7.11 Å². The number of rotatable bonds is 6. The van der Waals surface area contributed by atoms with Crippen molar-refractivity contribution in [1.82, 2.24) is 14.8 Å². The molecule has 4 heterocycles. The number of hydrogen-bond acceptors (Lipinski definition) is 7. The van der Waals surface area contributed by atoms with Crippen LogP contribution in [0.5, 0.6) is 17.4 Å². The fraction of sp³-hybridized carbons (Fsp3) is 0.500. The van der Waals surface area contributed by atoms with Crippen LogP contribution in [0.3, 0.4) is 0 Å². The summed E-state index contributed by atoms with van der Waals surface area (Å²) in [7, 11) is 1.49. The van der Waals surface area contributed by atoms with Gasteiger partial charge in [0.15, 0.2) is 17.3 Å². The van der Waals surface area contributed by atoms with Crippen LogP contribution < -0.4 is 14.2 Å². The highest BCUT2D eigenvalue weighted by Gasteiger charge is 2.42. The van der Waals surface area contributed by atoms with E-state index in [1.807, 2.05) is 9.80 Å². The number of carbonyl (C=O) groups excluding carboxylic acids is 3. The van der Waals surface area contributed by atoms with Crippen molar-refractivity contribution in [1.29, 1.82) is 0 Å². The maximum Gasteiger partial charge on any atom is 0.254 e. The molecule has 0 bridgehead atoms. The second-order valence-electron chi connectivity index (χ2n) is 10.2. The van der Waals surface area contributed by atoms with Gasteiger partial charge < -0.3 is 24.0 Å². The van der Waals surface area contributed by atoms with Crippen LogP contribution in [-0.4, -0.2) is 78.9 Å². The van der Waals surface area contributed by atoms with Crippen molar-refractivity contribution >= 4 is 29.2 Å². The molecule has 0 atom stereocenters. The predicted molar refractivity (Wildman–Crippen MR) is 140 cm³/mol. The van der Waals surface area contributed by atoms with Gasteiger partial charge in [0.25, 0.3) is 5.91 Å². The summed E-state index contributed by atoms with van der Waals surface area (Å²) in [5.41, 5.74) is 1.00. The molecule has 38 heavy (non-hydrogen) atoms. The van der Waals surface area contributed by atoms with Gasteiger partial charge in [-0.05, 0) is 48.9 Å². The molecule has 9 nitrogen and oxygen atoms in total. The number of halogens is 1. The molecule has 0 aliphatic carbocycles. The van der Waals surface area contributed by atoms with E-state index >= 15 is 0 Å². The molecular formula is C28H32ClN3O6. The zero-order valence-corrected chi connectivity index (χ0v) is 22.3. The van der Waals surface area contributed by atoms with E-state index in [0.717, 1.165) is 25.7 Å². The molecule has 10 heteroatoms. The zero-order chi connectivity index (χ0) is 26.7. The SMILES string of the molecule is COc1cc(C(=O)N2CCC3(CCN(C(=O)CCC(=O)c4ccc5c(c4)OCCCO5)C3)CC2)cc(Cl)n1. The van der Waals surface area contributed by atoms with Crippen LogP contribution >= 0.6 is 11.6 Å². The molecule has 0 radical (unpaired) electrons. The summed E-state index contributed by atoms with van der Waals surface area (Å²) in [4.78, 5) is 46.5. The topological polar surface area (TPSA) is 98.3 Å². The minimum absolute atomic E-state index is 0.00148. The molecule has 0 saturated carbocycles. The maximum absolute atomic E-state index is 13.0. The number of ether oxygens (including phenoxy) is 3. The van der Waals surface area contributed by atoms with Gasteiger partial charge in [0.2, 0.25) is 11.8 Å². The average molecular weight is 542 g/mol. The monoisotopic (exact) mass is 541 g/mol. The van der Waals surface area contributed by atoms with Gasteiger partial charge >= 0.3 is 0 Å². The summed E-state index contributed by atoms with van der Waals surface area (Å²) in [6, 6.07) is 8.36. The standard InChI is InChI=1S/C28H32ClN3O6/c1-36-25-17-20(16-24(29)30-25)27(35)31-10-7-28(8-11-31)9-12-32(18-28)26(34)6-4-21(33)19-3-5-22-23(15-19)38-14-2-13-37-22/h3,5,15-17H,2,4,6-14,18H2,1H3. The van der Waals surface area contributed by atoms with E-state index in [1.54, 1.807) is 30.3 Å². The van der Waals surface area contributed by atoms with Crippen molar-refractivity contribution in [2.75, 3.05) is 46.5 Å². The average Bonchev–Trinajstić information content (AvgIpc) is 3.19. The Morgan fingerprint density at radius 3 is 2.39 bits per heavy atom. The molecular weight excluding hydrogens is 510 g/mol. The molecule has 2 saturated heterocycles. The first kappa shape index (κ1) is 26.3. The molecule has 1 aromatic heterocycles. The fourth-order valence-corrected chi connectivity index (χ4v) is 5.68. The summed E-state index contributed by atoms with van der Waals surface area (Å²) >= 11 is 6.04. The summed E-state index contributed by atoms with van der Waals surface area (Å²) in [6.07, 6.45) is 3.70. The number of likely N-dealkylation sites (tertiary alicyclic amines) is 2. The van der Waals surface area contributed by atoms with Crippen molar-refractivity contribution in [3.05, 3.63) is 46.6 Å². The molecule has 3 aliphatic heterocycles. The third-order valence-electron chi connectivity index (χ3n) is 7.76. The smallest absolute Gasteiger partial charge is 0.254 e. The van der Waals surface area contributed by atoms with E-state index < -0.39 is 0 Å². The largest absolute Gasteiger partial charge is 0.490 e. The Bertz CT molecular complexity index is 1230. The third kappa shape index (κ3) is 5.72. The summed E-state index contributed by atoms with van der Waals surface area (Å²) < 4.78 is 16.4. The Kier molecular flexibility index (Phi) is 7.74. The van der Waals surface area contributed by atoms with Gasteiger partial charge in [-0.3, -0.25) is 14.4 Å². The Hall–Kier alpha value is -3.33. The van der Waals surface area contributed by atoms with E-state index in [4.69, 9.17) is 25.8 Å². The molecule has 2 fully saturated rings. The maximum atomic E-state index is 13.0. The predicted octanol–water partition coefficient (Wildman–Crippen LogP) is 4.02. The highest BCUT2D eigenvalue weighted by molar-refractivity contribution is 6.29. The van der Waals surface area contributed by atoms with Crippen LogP contribution in [0.2, 0.25) is 5.15 Å². The quantitative estimate of drug-likeness (QED) is 0.402. The lowest BCUT2D eigenvalue weighted by Crippen LogP contribution is -2.44. The van der Waals surface area contributed by atoms with Crippen molar-refractivity contribution in [3.63, 3.8) is 0 Å². The van der Waals surface area contributed by atoms with E-state index in [0.29, 0.717) is 67.9 Å². The number of carbonyl (C=O) groups is 3. The van der Waals surface area contributed by atoms with E-state index in [9.17, 15) is 14.4 Å². The summed E-state index contributed by atoms with van der Waals surface area (Å²) in [5.74, 6) is 1.36. The first-order valence-electron chi connectivity index (χ1n) is 13.1. The number of amides is 2. The van der Waals surface area contributed by atoms with Gasteiger partial charge in [-0.1, -0.05) is 11.6 Å². The van der Waals surface area contributed by atoms with Gasteiger partial charge in [-0.2, -0.15) is 0 Å². The lowest BCUT2D eigenvalue weighted by Gasteiger charge is -2.39. The number of aromatic nitrogens is 1. The Morgan fingerprint density at radius 2 is 1.66 bits per heavy atom. The zero-order valence-electron chi connectivity index (χ0n) is 21.5. The number of methoxy groups -OCH3 is 1. The third-order valence-corrected chi connectivity index (χ3v) is 7.96. The van der Waals surface area contributed by atoms with Crippen molar-refractivity contribution in [2.24, 2.45) is 5.41 Å². The lowest BCUT2D eigenvalue weighted by atomic mass is 9.77. The fourth-order valence-electron chi connectivity index (χ4n) is 5.48. The van der Waals surface area contributed by atoms with Crippen LogP contribution in [-0.2, 0) is 4.79 Å². The van der Waals surface area contributed by atoms with Gasteiger partial charge in [0.05, 0.1) is 20.3 Å². The second kappa shape index (κ2) is 11.2. The molecule has 2 aromatic rings. The van der Waals surface area contributed by atoms with Crippen LogP contribution in [0, 0.1) is 5.41 Å². The van der Waals surface area contributed by atoms with Crippen molar-refractivity contribution < 1.29 is 28.6 Å². The minimum Gasteiger partial charge on any atom is -0.490 e. The molecule has 0 unspecified atom stereocenters. The normalized spacial score (nSPS) is 18.3. The number of pyridine rings is 1. The van der Waals surface area contributed by atoms with Crippen LogP contribution in [0.15, 0.2) is 30.3 Å². The van der Waals surface area contributed by atoms with Crippen LogP contribution in [0.25, 0.3) is 0 Å². The van der Waals surface area contributed by atoms with Crippen LogP contribution in [0.4, 0.5) is 0 Å². The number of fused-ring (bicyclic) bond motifs is 1. The van der Waals surface area contributed by atoms with Crippen LogP contribution in [0.1, 0.15) is 59.2 Å². The first-order chi connectivity index (χ1) is 18.4. The number of Topliss-reactive ketones (excluding diaryl/α,β-unsaturated/α-hetero) is 1. The number of hydrogen-bond donors (Lipinski definition) is 0. The minimum atomic E-state index is -0.0957. The van der Waals surface area contributed by atoms with Gasteiger partial charge in [-0.15, -0.1) is 0 Å². The Labute approximate surface area is 227 Å². The number of benzene rings is 1.